The first-order valence-electron chi connectivity index (χ1n) is 8.26. The number of piperidine rings is 1. The highest BCUT2D eigenvalue weighted by Gasteiger charge is 2.17. The Morgan fingerprint density at radius 3 is 3.00 bits per heavy atom. The van der Waals surface area contributed by atoms with Crippen molar-refractivity contribution in [1.82, 2.24) is 25.2 Å². The maximum atomic E-state index is 12.3. The molecule has 128 valence electrons. The van der Waals surface area contributed by atoms with E-state index in [1.54, 1.807) is 12.5 Å². The number of aromatic nitrogens is 3. The van der Waals surface area contributed by atoms with Crippen molar-refractivity contribution < 1.29 is 4.79 Å². The predicted molar refractivity (Wildman–Crippen MR) is 91.1 cm³/mol. The Hall–Kier alpha value is -2.41. The molecule has 0 aliphatic carbocycles. The molecule has 1 saturated heterocycles. The summed E-state index contributed by atoms with van der Waals surface area (Å²) >= 11 is 0. The zero-order valence-electron chi connectivity index (χ0n) is 14.1. The van der Waals surface area contributed by atoms with Crippen LogP contribution in [-0.2, 0) is 6.54 Å². The number of aromatic amines is 1. The second-order valence-electron chi connectivity index (χ2n) is 6.33. The minimum atomic E-state index is -0.267. The van der Waals surface area contributed by atoms with Crippen molar-refractivity contribution in [2.45, 2.75) is 39.3 Å². The van der Waals surface area contributed by atoms with Gasteiger partial charge in [0.2, 0.25) is 0 Å². The lowest BCUT2D eigenvalue weighted by Crippen LogP contribution is -2.31. The standard InChI is InChI=1S/C17H23N5O2/c1-11-6-12(2)21-16(23)14(11)8-19-17(24)15-9-22(10-20-15)13-4-3-5-18-7-13/h6,9-10,13,18H,3-5,7-8H2,1-2H3,(H,19,24)(H,21,23). The van der Waals surface area contributed by atoms with Crippen molar-refractivity contribution >= 4 is 5.91 Å². The van der Waals surface area contributed by atoms with Gasteiger partial charge in [-0.1, -0.05) is 0 Å². The van der Waals surface area contributed by atoms with E-state index >= 15 is 0 Å². The molecule has 0 spiro atoms. The summed E-state index contributed by atoms with van der Waals surface area (Å²) in [7, 11) is 0. The molecule has 7 nitrogen and oxygen atoms in total. The van der Waals surface area contributed by atoms with Crippen molar-refractivity contribution in [3.05, 3.63) is 51.5 Å². The van der Waals surface area contributed by atoms with E-state index < -0.39 is 0 Å². The number of aryl methyl sites for hydroxylation is 2. The first-order chi connectivity index (χ1) is 11.5. The Labute approximate surface area is 140 Å². The van der Waals surface area contributed by atoms with Crippen molar-refractivity contribution in [3.8, 4) is 0 Å². The summed E-state index contributed by atoms with van der Waals surface area (Å²) in [6.45, 7) is 5.84. The maximum Gasteiger partial charge on any atom is 0.271 e. The predicted octanol–water partition coefficient (Wildman–Crippen LogP) is 1.04. The highest BCUT2D eigenvalue weighted by molar-refractivity contribution is 5.91. The van der Waals surface area contributed by atoms with Gasteiger partial charge in [-0.2, -0.15) is 0 Å². The van der Waals surface area contributed by atoms with Crippen LogP contribution in [0.5, 0.6) is 0 Å². The molecule has 0 bridgehead atoms. The fraction of sp³-hybridized carbons (Fsp3) is 0.471. The number of rotatable bonds is 4. The Balaban J connectivity index is 1.65. The molecular formula is C17H23N5O2. The monoisotopic (exact) mass is 329 g/mol. The number of hydrogen-bond acceptors (Lipinski definition) is 4. The summed E-state index contributed by atoms with van der Waals surface area (Å²) in [5.41, 5.74) is 2.47. The third-order valence-corrected chi connectivity index (χ3v) is 4.45. The Morgan fingerprint density at radius 2 is 2.29 bits per heavy atom. The molecule has 1 amide bonds. The Bertz CT molecular complexity index is 787. The Morgan fingerprint density at radius 1 is 1.46 bits per heavy atom. The largest absolute Gasteiger partial charge is 0.346 e. The minimum Gasteiger partial charge on any atom is -0.346 e. The topological polar surface area (TPSA) is 91.8 Å². The van der Waals surface area contributed by atoms with E-state index in [0.29, 0.717) is 17.3 Å². The lowest BCUT2D eigenvalue weighted by atomic mass is 10.1. The molecule has 7 heteroatoms. The smallest absolute Gasteiger partial charge is 0.271 e. The molecule has 24 heavy (non-hydrogen) atoms. The van der Waals surface area contributed by atoms with Crippen LogP contribution in [0.25, 0.3) is 0 Å². The van der Waals surface area contributed by atoms with Crippen molar-refractivity contribution in [2.24, 2.45) is 0 Å². The van der Waals surface area contributed by atoms with Crippen molar-refractivity contribution in [1.29, 1.82) is 0 Å². The molecular weight excluding hydrogens is 306 g/mol. The van der Waals surface area contributed by atoms with E-state index in [1.807, 2.05) is 24.5 Å². The molecule has 3 heterocycles. The molecule has 0 saturated carbocycles. The Kier molecular flexibility index (Phi) is 4.80. The fourth-order valence-corrected chi connectivity index (χ4v) is 3.10. The van der Waals surface area contributed by atoms with Crippen molar-refractivity contribution in [3.63, 3.8) is 0 Å². The number of nitrogens with zero attached hydrogens (tertiary/aromatic N) is 2. The number of hydrogen-bond donors (Lipinski definition) is 3. The van der Waals surface area contributed by atoms with Gasteiger partial charge in [0.05, 0.1) is 6.33 Å². The normalized spacial score (nSPS) is 17.7. The fourth-order valence-electron chi connectivity index (χ4n) is 3.10. The average molecular weight is 329 g/mol. The van der Waals surface area contributed by atoms with Crippen LogP contribution in [0.4, 0.5) is 0 Å². The molecule has 0 radical (unpaired) electrons. The van der Waals surface area contributed by atoms with Gasteiger partial charge in [-0.25, -0.2) is 4.98 Å². The van der Waals surface area contributed by atoms with Crippen LogP contribution in [0.15, 0.2) is 23.4 Å². The van der Waals surface area contributed by atoms with E-state index in [1.165, 1.54) is 0 Å². The number of pyridine rings is 1. The number of H-pyrrole nitrogens is 1. The van der Waals surface area contributed by atoms with Gasteiger partial charge in [0.1, 0.15) is 5.69 Å². The summed E-state index contributed by atoms with van der Waals surface area (Å²) in [5, 5.41) is 6.13. The second-order valence-corrected chi connectivity index (χ2v) is 6.33. The van der Waals surface area contributed by atoms with Crippen LogP contribution < -0.4 is 16.2 Å². The quantitative estimate of drug-likeness (QED) is 0.782. The third kappa shape index (κ3) is 3.56. The number of amides is 1. The molecule has 3 N–H and O–H groups in total. The van der Waals surface area contributed by atoms with Gasteiger partial charge in [0.15, 0.2) is 0 Å². The summed E-state index contributed by atoms with van der Waals surface area (Å²) in [6.07, 6.45) is 5.69. The molecule has 3 rings (SSSR count). The average Bonchev–Trinajstić information content (AvgIpc) is 3.04. The van der Waals surface area contributed by atoms with Crippen LogP contribution >= 0.6 is 0 Å². The summed E-state index contributed by atoms with van der Waals surface area (Å²) in [4.78, 5) is 31.2. The van der Waals surface area contributed by atoms with E-state index in [9.17, 15) is 9.59 Å². The van der Waals surface area contributed by atoms with Crippen LogP contribution in [0, 0.1) is 13.8 Å². The zero-order valence-corrected chi connectivity index (χ0v) is 14.1. The van der Waals surface area contributed by atoms with E-state index in [4.69, 9.17) is 0 Å². The lowest BCUT2D eigenvalue weighted by Gasteiger charge is -2.23. The lowest BCUT2D eigenvalue weighted by molar-refractivity contribution is 0.0946. The molecule has 2 aromatic rings. The van der Waals surface area contributed by atoms with Crippen molar-refractivity contribution in [2.75, 3.05) is 13.1 Å². The van der Waals surface area contributed by atoms with Gasteiger partial charge in [-0.15, -0.1) is 0 Å². The zero-order chi connectivity index (χ0) is 17.1. The van der Waals surface area contributed by atoms with Crippen LogP contribution in [0.2, 0.25) is 0 Å². The van der Waals surface area contributed by atoms with Gasteiger partial charge in [0, 0.05) is 36.6 Å². The van der Waals surface area contributed by atoms with Gasteiger partial charge >= 0.3 is 0 Å². The van der Waals surface area contributed by atoms with Crippen LogP contribution in [0.1, 0.15) is 46.2 Å². The highest BCUT2D eigenvalue weighted by atomic mass is 16.2. The molecule has 1 aliphatic heterocycles. The SMILES string of the molecule is Cc1cc(C)c(CNC(=O)c2cn(C3CCCNC3)cn2)c(=O)[nH]1. The molecule has 2 aromatic heterocycles. The van der Waals surface area contributed by atoms with Gasteiger partial charge in [-0.3, -0.25) is 9.59 Å². The van der Waals surface area contributed by atoms with Gasteiger partial charge < -0.3 is 20.2 Å². The number of nitrogens with one attached hydrogen (secondary N) is 3. The molecule has 1 fully saturated rings. The van der Waals surface area contributed by atoms with E-state index in [0.717, 1.165) is 37.2 Å². The highest BCUT2D eigenvalue weighted by Crippen LogP contribution is 2.16. The van der Waals surface area contributed by atoms with Crippen LogP contribution in [-0.4, -0.2) is 33.5 Å². The number of carbonyl (C=O) groups is 1. The first kappa shape index (κ1) is 16.4. The molecule has 1 aliphatic rings. The second kappa shape index (κ2) is 7.00. The number of carbonyl (C=O) groups excluding carboxylic acids is 1. The summed E-state index contributed by atoms with van der Waals surface area (Å²) in [5.74, 6) is -0.267. The molecule has 0 aromatic carbocycles. The minimum absolute atomic E-state index is 0.161. The van der Waals surface area contributed by atoms with Gasteiger partial charge in [0.25, 0.3) is 11.5 Å². The van der Waals surface area contributed by atoms with Crippen LogP contribution in [0.3, 0.4) is 0 Å². The van der Waals surface area contributed by atoms with E-state index in [-0.39, 0.29) is 18.0 Å². The molecule has 1 unspecified atom stereocenters. The third-order valence-electron chi connectivity index (χ3n) is 4.45. The first-order valence-corrected chi connectivity index (χ1v) is 8.26. The summed E-state index contributed by atoms with van der Waals surface area (Å²) in [6, 6.07) is 2.24. The summed E-state index contributed by atoms with van der Waals surface area (Å²) < 4.78 is 1.99. The number of imidazole rings is 1. The molecule has 1 atom stereocenters. The van der Waals surface area contributed by atoms with Gasteiger partial charge in [-0.05, 0) is 44.9 Å². The van der Waals surface area contributed by atoms with E-state index in [2.05, 4.69) is 20.6 Å². The maximum absolute atomic E-state index is 12.3.